The average molecular weight is 391 g/mol. The Morgan fingerprint density at radius 2 is 1.71 bits per heavy atom. The third-order valence-electron chi connectivity index (χ3n) is 4.30. The fourth-order valence-corrected chi connectivity index (χ4v) is 2.78. The van der Waals surface area contributed by atoms with Crippen LogP contribution >= 0.6 is 0 Å². The zero-order valence-corrected chi connectivity index (χ0v) is 18.8. The molecule has 0 bridgehead atoms. The smallest absolute Gasteiger partial charge is 0.207 e. The summed E-state index contributed by atoms with van der Waals surface area (Å²) in [7, 11) is 1.00. The molecule has 28 heavy (non-hydrogen) atoms. The van der Waals surface area contributed by atoms with Gasteiger partial charge in [0.05, 0.1) is 0 Å². The summed E-state index contributed by atoms with van der Waals surface area (Å²) in [6.45, 7) is 13.4. The molecule has 1 heterocycles. The molecule has 0 atom stereocenters. The Bertz CT molecular complexity index is 505. The quantitative estimate of drug-likeness (QED) is 0.551. The van der Waals surface area contributed by atoms with Crippen molar-refractivity contribution in [2.45, 2.75) is 59.9 Å². The van der Waals surface area contributed by atoms with E-state index < -0.39 is 0 Å². The molecular formula is C24H42N2O2. The standard InChI is InChI=1S/C13H22N2O.C8H10.C2H6.CH4O/c1-3-5-12(4-2)10-15-8-6-13(7-9-15)14-11-16;1-2-8-6-4-3-5-7-8;2*1-2/h3-5,11,13H,6-10H2,1-2H3,(H,14,16);3-7H,2H2,1H3;1-2H3;2H,1H3/b5-3-,12-4+;;;. The van der Waals surface area contributed by atoms with Gasteiger partial charge < -0.3 is 10.4 Å². The van der Waals surface area contributed by atoms with Gasteiger partial charge in [-0.2, -0.15) is 0 Å². The fraction of sp³-hybridized carbons (Fsp3) is 0.542. The number of nitrogens with zero attached hydrogens (tertiary/aromatic N) is 1. The van der Waals surface area contributed by atoms with Crippen LogP contribution < -0.4 is 5.32 Å². The van der Waals surface area contributed by atoms with E-state index in [4.69, 9.17) is 5.11 Å². The minimum atomic E-state index is 0.379. The summed E-state index contributed by atoms with van der Waals surface area (Å²) in [4.78, 5) is 12.8. The van der Waals surface area contributed by atoms with Gasteiger partial charge in [-0.1, -0.05) is 69.3 Å². The molecule has 160 valence electrons. The van der Waals surface area contributed by atoms with Crippen LogP contribution in [0, 0.1) is 0 Å². The molecule has 1 saturated heterocycles. The van der Waals surface area contributed by atoms with Gasteiger partial charge in [0.15, 0.2) is 0 Å². The van der Waals surface area contributed by atoms with Gasteiger partial charge in [0.25, 0.3) is 0 Å². The Kier molecular flexibility index (Phi) is 21.6. The van der Waals surface area contributed by atoms with Gasteiger partial charge in [-0.15, -0.1) is 0 Å². The second-order valence-corrected chi connectivity index (χ2v) is 6.04. The number of hydrogen-bond acceptors (Lipinski definition) is 3. The number of benzene rings is 1. The van der Waals surface area contributed by atoms with E-state index in [1.165, 1.54) is 11.1 Å². The summed E-state index contributed by atoms with van der Waals surface area (Å²) in [6, 6.07) is 10.8. The maximum Gasteiger partial charge on any atom is 0.207 e. The maximum atomic E-state index is 10.3. The van der Waals surface area contributed by atoms with Gasteiger partial charge in [-0.05, 0) is 44.2 Å². The van der Waals surface area contributed by atoms with E-state index in [9.17, 15) is 4.79 Å². The van der Waals surface area contributed by atoms with E-state index in [0.29, 0.717) is 6.04 Å². The predicted molar refractivity (Wildman–Crippen MR) is 123 cm³/mol. The summed E-state index contributed by atoms with van der Waals surface area (Å²) in [5.74, 6) is 0. The largest absolute Gasteiger partial charge is 0.400 e. The van der Waals surface area contributed by atoms with Crippen LogP contribution in [0.25, 0.3) is 0 Å². The Labute approximate surface area is 173 Å². The van der Waals surface area contributed by atoms with Crippen LogP contribution in [0.4, 0.5) is 0 Å². The van der Waals surface area contributed by atoms with Crippen molar-refractivity contribution in [2.75, 3.05) is 26.7 Å². The molecule has 1 aromatic rings. The molecule has 1 fully saturated rings. The van der Waals surface area contributed by atoms with Gasteiger partial charge in [-0.25, -0.2) is 0 Å². The number of likely N-dealkylation sites (tertiary alicyclic amines) is 1. The van der Waals surface area contributed by atoms with Crippen molar-refractivity contribution in [2.24, 2.45) is 0 Å². The van der Waals surface area contributed by atoms with Crippen LogP contribution in [0.5, 0.6) is 0 Å². The number of nitrogens with one attached hydrogen (secondary N) is 1. The summed E-state index contributed by atoms with van der Waals surface area (Å²) >= 11 is 0. The molecule has 0 unspecified atom stereocenters. The van der Waals surface area contributed by atoms with E-state index in [1.54, 1.807) is 0 Å². The first-order valence-corrected chi connectivity index (χ1v) is 10.4. The van der Waals surface area contributed by atoms with Crippen molar-refractivity contribution in [3.05, 3.63) is 59.7 Å². The first-order chi connectivity index (χ1) is 13.7. The molecule has 4 nitrogen and oxygen atoms in total. The van der Waals surface area contributed by atoms with E-state index in [1.807, 2.05) is 26.8 Å². The van der Waals surface area contributed by atoms with Crippen molar-refractivity contribution in [1.82, 2.24) is 10.2 Å². The van der Waals surface area contributed by atoms with Crippen LogP contribution in [0.1, 0.15) is 53.0 Å². The summed E-state index contributed by atoms with van der Waals surface area (Å²) in [6.07, 6.45) is 10.5. The second kappa shape index (κ2) is 21.4. The highest BCUT2D eigenvalue weighted by Crippen LogP contribution is 2.12. The molecule has 1 aliphatic rings. The fourth-order valence-electron chi connectivity index (χ4n) is 2.78. The minimum absolute atomic E-state index is 0.379. The minimum Gasteiger partial charge on any atom is -0.400 e. The van der Waals surface area contributed by atoms with Gasteiger partial charge in [0, 0.05) is 32.8 Å². The Hall–Kier alpha value is -1.91. The van der Waals surface area contributed by atoms with Crippen LogP contribution in [0.3, 0.4) is 0 Å². The van der Waals surface area contributed by atoms with Crippen molar-refractivity contribution in [3.8, 4) is 0 Å². The average Bonchev–Trinajstić information content (AvgIpc) is 2.78. The summed E-state index contributed by atoms with van der Waals surface area (Å²) < 4.78 is 0. The number of carbonyl (C=O) groups is 1. The van der Waals surface area contributed by atoms with Crippen LogP contribution in [-0.4, -0.2) is 49.2 Å². The molecule has 0 saturated carbocycles. The van der Waals surface area contributed by atoms with E-state index in [-0.39, 0.29) is 0 Å². The van der Waals surface area contributed by atoms with Gasteiger partial charge in [0.2, 0.25) is 6.41 Å². The van der Waals surface area contributed by atoms with Gasteiger partial charge in [-0.3, -0.25) is 9.69 Å². The van der Waals surface area contributed by atoms with E-state index >= 15 is 0 Å². The van der Waals surface area contributed by atoms with Crippen LogP contribution in [0.2, 0.25) is 0 Å². The number of aliphatic hydroxyl groups is 1. The number of carbonyl (C=O) groups excluding carboxylic acids is 1. The molecule has 1 aliphatic heterocycles. The van der Waals surface area contributed by atoms with Crippen LogP contribution in [0.15, 0.2) is 54.1 Å². The van der Waals surface area contributed by atoms with Crippen LogP contribution in [-0.2, 0) is 11.2 Å². The number of aliphatic hydroxyl groups excluding tert-OH is 1. The van der Waals surface area contributed by atoms with Crippen molar-refractivity contribution >= 4 is 6.41 Å². The normalized spacial score (nSPS) is 14.6. The van der Waals surface area contributed by atoms with Crippen molar-refractivity contribution < 1.29 is 9.90 Å². The molecule has 4 heteroatoms. The maximum absolute atomic E-state index is 10.3. The van der Waals surface area contributed by atoms with Crippen molar-refractivity contribution in [3.63, 3.8) is 0 Å². The second-order valence-electron chi connectivity index (χ2n) is 6.04. The molecule has 0 aliphatic carbocycles. The summed E-state index contributed by atoms with van der Waals surface area (Å²) in [5.41, 5.74) is 2.77. The van der Waals surface area contributed by atoms with E-state index in [0.717, 1.165) is 52.4 Å². The molecule has 2 N–H and O–H groups in total. The third-order valence-corrected chi connectivity index (χ3v) is 4.30. The SMILES string of the molecule is C/C=C\C(=C/C)CN1CCC(NC=O)CC1.CC.CCc1ccccc1.CO. The number of piperidine rings is 1. The highest BCUT2D eigenvalue weighted by atomic mass is 16.2. The highest BCUT2D eigenvalue weighted by Gasteiger charge is 2.18. The number of amides is 1. The lowest BCUT2D eigenvalue weighted by Crippen LogP contribution is -2.42. The number of hydrogen-bond donors (Lipinski definition) is 2. The molecule has 2 rings (SSSR count). The molecular weight excluding hydrogens is 348 g/mol. The topological polar surface area (TPSA) is 52.6 Å². The van der Waals surface area contributed by atoms with E-state index in [2.05, 4.69) is 66.6 Å². The van der Waals surface area contributed by atoms with Gasteiger partial charge >= 0.3 is 0 Å². The lowest BCUT2D eigenvalue weighted by molar-refractivity contribution is -0.110. The molecule has 1 amide bonds. The predicted octanol–water partition coefficient (Wildman–Crippen LogP) is 4.60. The molecule has 0 spiro atoms. The lowest BCUT2D eigenvalue weighted by atomic mass is 10.0. The number of aryl methyl sites for hydroxylation is 1. The molecule has 1 aromatic carbocycles. The first kappa shape index (κ1) is 28.3. The van der Waals surface area contributed by atoms with Gasteiger partial charge in [0.1, 0.15) is 0 Å². The highest BCUT2D eigenvalue weighted by molar-refractivity contribution is 5.46. The third kappa shape index (κ3) is 14.2. The number of allylic oxidation sites excluding steroid dienone is 2. The molecule has 0 radical (unpaired) electrons. The van der Waals surface area contributed by atoms with Crippen molar-refractivity contribution in [1.29, 1.82) is 0 Å². The lowest BCUT2D eigenvalue weighted by Gasteiger charge is -2.31. The Balaban J connectivity index is 0. The first-order valence-electron chi connectivity index (χ1n) is 10.4. The Morgan fingerprint density at radius 3 is 2.11 bits per heavy atom. The molecule has 0 aromatic heterocycles. The Morgan fingerprint density at radius 1 is 1.14 bits per heavy atom. The zero-order chi connectivity index (χ0) is 21.6. The summed E-state index contributed by atoms with van der Waals surface area (Å²) in [5, 5.41) is 9.86. The number of rotatable bonds is 6. The monoisotopic (exact) mass is 390 g/mol. The zero-order valence-electron chi connectivity index (χ0n) is 18.8.